The lowest BCUT2D eigenvalue weighted by molar-refractivity contribution is -0.156. The number of halogens is 1. The van der Waals surface area contributed by atoms with E-state index in [1.54, 1.807) is 19.9 Å². The molecule has 1 N–H and O–H groups in total. The Morgan fingerprint density at radius 3 is 2.28 bits per heavy atom. The van der Waals surface area contributed by atoms with Gasteiger partial charge in [-0.25, -0.2) is 14.4 Å². The second-order valence-electron chi connectivity index (χ2n) is 4.87. The number of benzene rings is 1. The molecule has 8 heteroatoms. The zero-order chi connectivity index (χ0) is 18.2. The van der Waals surface area contributed by atoms with Crippen LogP contribution in [0.3, 0.4) is 0 Å². The molecule has 1 aromatic carbocycles. The van der Waals surface area contributed by atoms with Gasteiger partial charge in [0.15, 0.2) is 5.92 Å². The van der Waals surface area contributed by atoms with Crippen molar-refractivity contribution < 1.29 is 23.5 Å². The minimum Gasteiger partial charge on any atom is -0.465 e. The van der Waals surface area contributed by atoms with Crippen molar-refractivity contribution in [3.8, 4) is 0 Å². The normalized spacial score (nSPS) is 10.4. The summed E-state index contributed by atoms with van der Waals surface area (Å²) in [6, 6.07) is 5.31. The van der Waals surface area contributed by atoms with Crippen LogP contribution in [0.5, 0.6) is 0 Å². The maximum absolute atomic E-state index is 13.8. The van der Waals surface area contributed by atoms with Gasteiger partial charge in [0, 0.05) is 23.6 Å². The number of carbonyl (C=O) groups excluding carboxylic acids is 2. The van der Waals surface area contributed by atoms with Crippen LogP contribution in [0.1, 0.15) is 25.3 Å². The monoisotopic (exact) mass is 347 g/mol. The highest BCUT2D eigenvalue weighted by molar-refractivity contribution is 6.02. The van der Waals surface area contributed by atoms with Crippen molar-refractivity contribution in [2.24, 2.45) is 0 Å². The van der Waals surface area contributed by atoms with E-state index in [0.717, 1.165) is 6.07 Å². The molecule has 2 rings (SSSR count). The largest absolute Gasteiger partial charge is 0.465 e. The molecule has 1 aromatic heterocycles. The van der Waals surface area contributed by atoms with E-state index < -0.39 is 23.7 Å². The van der Waals surface area contributed by atoms with Gasteiger partial charge in [-0.15, -0.1) is 0 Å². The summed E-state index contributed by atoms with van der Waals surface area (Å²) in [5.74, 6) is -3.41. The third-order valence-electron chi connectivity index (χ3n) is 3.18. The first-order valence-electron chi connectivity index (χ1n) is 7.73. The lowest BCUT2D eigenvalue weighted by Crippen LogP contribution is -2.27. The van der Waals surface area contributed by atoms with Crippen molar-refractivity contribution in [2.75, 3.05) is 18.5 Å². The molecule has 0 unspecified atom stereocenters. The third-order valence-corrected chi connectivity index (χ3v) is 3.18. The predicted octanol–water partition coefficient (Wildman–Crippen LogP) is 2.57. The number of anilines is 2. The van der Waals surface area contributed by atoms with E-state index in [2.05, 4.69) is 15.3 Å². The van der Waals surface area contributed by atoms with E-state index in [0.29, 0.717) is 5.69 Å². The average Bonchev–Trinajstić information content (AvgIpc) is 2.59. The van der Waals surface area contributed by atoms with Crippen LogP contribution in [-0.4, -0.2) is 35.1 Å². The van der Waals surface area contributed by atoms with Crippen LogP contribution >= 0.6 is 0 Å². The minimum absolute atomic E-state index is 0.0780. The first-order valence-corrected chi connectivity index (χ1v) is 7.73. The molecule has 7 nitrogen and oxygen atoms in total. The van der Waals surface area contributed by atoms with E-state index in [9.17, 15) is 14.0 Å². The summed E-state index contributed by atoms with van der Waals surface area (Å²) in [6.07, 6.45) is 3.04. The van der Waals surface area contributed by atoms with Gasteiger partial charge in [0.25, 0.3) is 0 Å². The molecule has 25 heavy (non-hydrogen) atoms. The van der Waals surface area contributed by atoms with Gasteiger partial charge in [-0.2, -0.15) is 0 Å². The molecule has 0 saturated carbocycles. The van der Waals surface area contributed by atoms with Gasteiger partial charge in [-0.1, -0.05) is 0 Å². The fraction of sp³-hybridized carbons (Fsp3) is 0.294. The number of nitrogens with zero attached hydrogens (tertiary/aromatic N) is 2. The maximum atomic E-state index is 13.8. The molecule has 2 aromatic rings. The third kappa shape index (κ3) is 4.72. The summed E-state index contributed by atoms with van der Waals surface area (Å²) in [5, 5.41) is 2.87. The molecule has 0 radical (unpaired) electrons. The first kappa shape index (κ1) is 18.3. The van der Waals surface area contributed by atoms with E-state index in [1.807, 2.05) is 0 Å². The predicted molar refractivity (Wildman–Crippen MR) is 87.7 cm³/mol. The first-order chi connectivity index (χ1) is 12.1. The molecule has 0 aliphatic heterocycles. The smallest absolute Gasteiger partial charge is 0.324 e. The highest BCUT2D eigenvalue weighted by Crippen LogP contribution is 2.29. The van der Waals surface area contributed by atoms with Gasteiger partial charge >= 0.3 is 11.9 Å². The number of hydrogen-bond acceptors (Lipinski definition) is 7. The van der Waals surface area contributed by atoms with Gasteiger partial charge < -0.3 is 14.8 Å². The molecule has 132 valence electrons. The summed E-state index contributed by atoms with van der Waals surface area (Å²) in [4.78, 5) is 32.6. The van der Waals surface area contributed by atoms with Crippen molar-refractivity contribution >= 4 is 23.6 Å². The standard InChI is InChI=1S/C17H18FN3O4/c1-3-24-15(22)14(16(23)25-4-2)12-10-11(18)6-7-13(12)21-17-19-8-5-9-20-17/h5-10,14H,3-4H2,1-2H3,(H,19,20,21). The van der Waals surface area contributed by atoms with Crippen LogP contribution in [0.4, 0.5) is 16.0 Å². The van der Waals surface area contributed by atoms with Crippen molar-refractivity contribution in [1.29, 1.82) is 0 Å². The van der Waals surface area contributed by atoms with Crippen molar-refractivity contribution in [1.82, 2.24) is 9.97 Å². The molecule has 0 aliphatic carbocycles. The van der Waals surface area contributed by atoms with Crippen molar-refractivity contribution in [2.45, 2.75) is 19.8 Å². The summed E-state index contributed by atoms with van der Waals surface area (Å²) < 4.78 is 23.7. The van der Waals surface area contributed by atoms with Crippen molar-refractivity contribution in [3.05, 3.63) is 48.0 Å². The van der Waals surface area contributed by atoms with Crippen LogP contribution in [0.15, 0.2) is 36.7 Å². The molecular weight excluding hydrogens is 329 g/mol. The summed E-state index contributed by atoms with van der Waals surface area (Å²) >= 11 is 0. The number of nitrogens with one attached hydrogen (secondary N) is 1. The van der Waals surface area contributed by atoms with Crippen LogP contribution in [0, 0.1) is 5.82 Å². The van der Waals surface area contributed by atoms with Gasteiger partial charge in [0.1, 0.15) is 5.82 Å². The Morgan fingerprint density at radius 2 is 1.72 bits per heavy atom. The number of ether oxygens (including phenoxy) is 2. The van der Waals surface area contributed by atoms with E-state index in [-0.39, 0.29) is 24.7 Å². The Kier molecular flexibility index (Phi) is 6.39. The fourth-order valence-corrected chi connectivity index (χ4v) is 2.17. The van der Waals surface area contributed by atoms with E-state index >= 15 is 0 Å². The molecule has 0 atom stereocenters. The molecule has 1 heterocycles. The number of esters is 2. The highest BCUT2D eigenvalue weighted by Gasteiger charge is 2.34. The number of aromatic nitrogens is 2. The summed E-state index contributed by atoms with van der Waals surface area (Å²) in [6.45, 7) is 3.38. The van der Waals surface area contributed by atoms with Crippen LogP contribution in [-0.2, 0) is 19.1 Å². The number of carbonyl (C=O) groups is 2. The van der Waals surface area contributed by atoms with Gasteiger partial charge in [0.2, 0.25) is 5.95 Å². The Labute approximate surface area is 144 Å². The molecule has 0 bridgehead atoms. The Bertz CT molecular complexity index is 722. The van der Waals surface area contributed by atoms with Crippen LogP contribution < -0.4 is 5.32 Å². The topological polar surface area (TPSA) is 90.4 Å². The summed E-state index contributed by atoms with van der Waals surface area (Å²) in [5.41, 5.74) is 0.392. The van der Waals surface area contributed by atoms with Crippen molar-refractivity contribution in [3.63, 3.8) is 0 Å². The van der Waals surface area contributed by atoms with Crippen LogP contribution in [0.25, 0.3) is 0 Å². The highest BCUT2D eigenvalue weighted by atomic mass is 19.1. The molecular formula is C17H18FN3O4. The summed E-state index contributed by atoms with van der Waals surface area (Å²) in [7, 11) is 0. The fourth-order valence-electron chi connectivity index (χ4n) is 2.17. The Balaban J connectivity index is 2.46. The lowest BCUT2D eigenvalue weighted by Gasteiger charge is -2.18. The zero-order valence-electron chi connectivity index (χ0n) is 13.9. The zero-order valence-corrected chi connectivity index (χ0v) is 13.9. The SMILES string of the molecule is CCOC(=O)C(C(=O)OCC)c1cc(F)ccc1Nc1ncccn1. The number of rotatable bonds is 7. The second kappa shape index (κ2) is 8.72. The van der Waals surface area contributed by atoms with Gasteiger partial charge in [-0.05, 0) is 38.1 Å². The Hall–Kier alpha value is -3.03. The molecule has 0 saturated heterocycles. The quantitative estimate of drug-likeness (QED) is 0.608. The molecule has 0 aliphatic rings. The maximum Gasteiger partial charge on any atom is 0.324 e. The average molecular weight is 347 g/mol. The second-order valence-corrected chi connectivity index (χ2v) is 4.87. The number of hydrogen-bond donors (Lipinski definition) is 1. The lowest BCUT2D eigenvalue weighted by atomic mass is 9.97. The van der Waals surface area contributed by atoms with E-state index in [1.165, 1.54) is 24.5 Å². The molecule has 0 amide bonds. The van der Waals surface area contributed by atoms with Gasteiger partial charge in [0.05, 0.1) is 13.2 Å². The van der Waals surface area contributed by atoms with E-state index in [4.69, 9.17) is 9.47 Å². The molecule has 0 spiro atoms. The van der Waals surface area contributed by atoms with Gasteiger partial charge in [-0.3, -0.25) is 9.59 Å². The molecule has 0 fully saturated rings. The Morgan fingerprint density at radius 1 is 1.12 bits per heavy atom. The van der Waals surface area contributed by atoms with Crippen LogP contribution in [0.2, 0.25) is 0 Å². The minimum atomic E-state index is -1.41.